The molecule has 0 heterocycles. The average molecular weight is 366 g/mol. The Kier molecular flexibility index (Phi) is 6.86. The van der Waals surface area contributed by atoms with Crippen molar-refractivity contribution < 1.29 is 8.42 Å². The number of hydrogen-bond acceptors (Lipinski definition) is 4. The Morgan fingerprint density at radius 3 is 2.58 bits per heavy atom. The SMILES string of the molecule is CC(C)NCc1ccc(SCCS(C)(=O)=O)c(Br)c1. The van der Waals surface area contributed by atoms with E-state index < -0.39 is 9.84 Å². The van der Waals surface area contributed by atoms with Gasteiger partial charge in [0.25, 0.3) is 0 Å². The van der Waals surface area contributed by atoms with Crippen LogP contribution in [0, 0.1) is 0 Å². The van der Waals surface area contributed by atoms with Crippen molar-refractivity contribution in [1.82, 2.24) is 5.32 Å². The normalized spacial score (nSPS) is 12.1. The highest BCUT2D eigenvalue weighted by atomic mass is 79.9. The molecule has 1 aromatic carbocycles. The van der Waals surface area contributed by atoms with Crippen molar-refractivity contribution in [3.63, 3.8) is 0 Å². The van der Waals surface area contributed by atoms with Crippen LogP contribution in [0.15, 0.2) is 27.6 Å². The third-order valence-electron chi connectivity index (χ3n) is 2.42. The number of benzene rings is 1. The van der Waals surface area contributed by atoms with E-state index in [-0.39, 0.29) is 5.75 Å². The van der Waals surface area contributed by atoms with Crippen molar-refractivity contribution in [3.05, 3.63) is 28.2 Å². The van der Waals surface area contributed by atoms with E-state index in [9.17, 15) is 8.42 Å². The van der Waals surface area contributed by atoms with Gasteiger partial charge in [-0.25, -0.2) is 8.42 Å². The van der Waals surface area contributed by atoms with E-state index in [1.165, 1.54) is 11.8 Å². The van der Waals surface area contributed by atoms with Crippen molar-refractivity contribution in [2.45, 2.75) is 31.3 Å². The van der Waals surface area contributed by atoms with Crippen molar-refractivity contribution in [3.8, 4) is 0 Å². The lowest BCUT2D eigenvalue weighted by molar-refractivity contribution is 0.588. The number of sulfone groups is 1. The second-order valence-electron chi connectivity index (χ2n) is 4.78. The van der Waals surface area contributed by atoms with E-state index in [2.05, 4.69) is 47.2 Å². The maximum atomic E-state index is 11.1. The topological polar surface area (TPSA) is 46.2 Å². The number of rotatable bonds is 7. The standard InChI is InChI=1S/C13H20BrNO2S2/c1-10(2)15-9-11-4-5-13(12(14)8-11)18-6-7-19(3,16)17/h4-5,8,10,15H,6-7,9H2,1-3H3. The van der Waals surface area contributed by atoms with Gasteiger partial charge in [0.2, 0.25) is 0 Å². The minimum atomic E-state index is -2.88. The summed E-state index contributed by atoms with van der Waals surface area (Å²) in [6.45, 7) is 5.07. The Morgan fingerprint density at radius 2 is 2.05 bits per heavy atom. The molecule has 1 rings (SSSR count). The Hall–Kier alpha value is -0.0400. The highest BCUT2D eigenvalue weighted by Gasteiger charge is 2.06. The molecule has 0 aliphatic heterocycles. The summed E-state index contributed by atoms with van der Waals surface area (Å²) in [5.74, 6) is 0.793. The molecule has 0 bridgehead atoms. The lowest BCUT2D eigenvalue weighted by Crippen LogP contribution is -2.21. The van der Waals surface area contributed by atoms with Crippen LogP contribution in [0.25, 0.3) is 0 Å². The summed E-state index contributed by atoms with van der Waals surface area (Å²) >= 11 is 5.10. The van der Waals surface area contributed by atoms with Gasteiger partial charge in [-0.2, -0.15) is 0 Å². The quantitative estimate of drug-likeness (QED) is 0.754. The van der Waals surface area contributed by atoms with Gasteiger partial charge in [0.1, 0.15) is 9.84 Å². The van der Waals surface area contributed by atoms with E-state index in [0.717, 1.165) is 15.9 Å². The van der Waals surface area contributed by atoms with Gasteiger partial charge >= 0.3 is 0 Å². The molecule has 0 fully saturated rings. The molecule has 0 saturated heterocycles. The molecule has 0 saturated carbocycles. The smallest absolute Gasteiger partial charge is 0.148 e. The number of hydrogen-bond donors (Lipinski definition) is 1. The third-order valence-corrected chi connectivity index (χ3v) is 5.62. The molecule has 0 amide bonds. The van der Waals surface area contributed by atoms with Crippen LogP contribution in [0.4, 0.5) is 0 Å². The number of thioether (sulfide) groups is 1. The van der Waals surface area contributed by atoms with Gasteiger partial charge < -0.3 is 5.32 Å². The Bertz CT molecular complexity index is 515. The molecule has 19 heavy (non-hydrogen) atoms. The third kappa shape index (κ3) is 7.34. The van der Waals surface area contributed by atoms with E-state index in [4.69, 9.17) is 0 Å². The first-order chi connectivity index (χ1) is 8.78. The summed E-state index contributed by atoms with van der Waals surface area (Å²) in [6, 6.07) is 6.65. The second-order valence-corrected chi connectivity index (χ2v) is 9.03. The van der Waals surface area contributed by atoms with Gasteiger partial charge in [0, 0.05) is 34.0 Å². The molecular formula is C13H20BrNO2S2. The molecule has 3 nitrogen and oxygen atoms in total. The number of halogens is 1. The fourth-order valence-electron chi connectivity index (χ4n) is 1.40. The lowest BCUT2D eigenvalue weighted by Gasteiger charge is -2.10. The zero-order valence-corrected chi connectivity index (χ0v) is 14.7. The first kappa shape index (κ1) is 17.0. The molecule has 6 heteroatoms. The van der Waals surface area contributed by atoms with E-state index in [0.29, 0.717) is 11.8 Å². The van der Waals surface area contributed by atoms with Crippen molar-refractivity contribution in [2.24, 2.45) is 0 Å². The molecule has 0 atom stereocenters. The molecule has 0 spiro atoms. The summed E-state index contributed by atoms with van der Waals surface area (Å²) in [7, 11) is -2.88. The fourth-order valence-corrected chi connectivity index (χ4v) is 4.29. The largest absolute Gasteiger partial charge is 0.310 e. The summed E-state index contributed by atoms with van der Waals surface area (Å²) in [6.07, 6.45) is 1.27. The van der Waals surface area contributed by atoms with Gasteiger partial charge in [-0.1, -0.05) is 19.9 Å². The van der Waals surface area contributed by atoms with Crippen molar-refractivity contribution in [2.75, 3.05) is 17.8 Å². The minimum Gasteiger partial charge on any atom is -0.310 e. The maximum absolute atomic E-state index is 11.1. The first-order valence-corrected chi connectivity index (χ1v) is 9.94. The van der Waals surface area contributed by atoms with Gasteiger partial charge in [-0.15, -0.1) is 11.8 Å². The summed E-state index contributed by atoms with van der Waals surface area (Å²) < 4.78 is 23.2. The lowest BCUT2D eigenvalue weighted by atomic mass is 10.2. The van der Waals surface area contributed by atoms with E-state index >= 15 is 0 Å². The molecule has 108 valence electrons. The highest BCUT2D eigenvalue weighted by Crippen LogP contribution is 2.28. The van der Waals surface area contributed by atoms with E-state index in [1.54, 1.807) is 11.8 Å². The zero-order valence-electron chi connectivity index (χ0n) is 11.4. The predicted octanol–water partition coefficient (Wildman–Crippen LogP) is 3.08. The summed E-state index contributed by atoms with van der Waals surface area (Å²) in [5, 5.41) is 3.36. The molecule has 0 radical (unpaired) electrons. The molecule has 1 N–H and O–H groups in total. The zero-order chi connectivity index (χ0) is 14.5. The van der Waals surface area contributed by atoms with E-state index in [1.807, 2.05) is 6.07 Å². The molecule has 1 aromatic rings. The molecule has 0 unspecified atom stereocenters. The predicted molar refractivity (Wildman–Crippen MR) is 86.6 cm³/mol. The molecule has 0 aromatic heterocycles. The minimum absolute atomic E-state index is 0.209. The summed E-state index contributed by atoms with van der Waals surface area (Å²) in [4.78, 5) is 1.08. The van der Waals surface area contributed by atoms with Crippen LogP contribution in [0.2, 0.25) is 0 Å². The average Bonchev–Trinajstić information content (AvgIpc) is 2.27. The van der Waals surface area contributed by atoms with Gasteiger partial charge in [-0.3, -0.25) is 0 Å². The molecule has 0 aliphatic carbocycles. The van der Waals surface area contributed by atoms with Crippen LogP contribution in [0.3, 0.4) is 0 Å². The monoisotopic (exact) mass is 365 g/mol. The van der Waals surface area contributed by atoms with Crippen molar-refractivity contribution in [1.29, 1.82) is 0 Å². The van der Waals surface area contributed by atoms with Crippen LogP contribution >= 0.6 is 27.7 Å². The maximum Gasteiger partial charge on any atom is 0.148 e. The summed E-state index contributed by atoms with van der Waals surface area (Å²) in [5.41, 5.74) is 1.22. The Morgan fingerprint density at radius 1 is 1.37 bits per heavy atom. The van der Waals surface area contributed by atoms with Crippen LogP contribution in [0.5, 0.6) is 0 Å². The molecule has 0 aliphatic rings. The fraction of sp³-hybridized carbons (Fsp3) is 0.538. The van der Waals surface area contributed by atoms with Crippen LogP contribution < -0.4 is 5.32 Å². The first-order valence-electron chi connectivity index (χ1n) is 6.10. The second kappa shape index (κ2) is 7.67. The van der Waals surface area contributed by atoms with Gasteiger partial charge in [-0.05, 0) is 33.6 Å². The Balaban J connectivity index is 2.57. The van der Waals surface area contributed by atoms with Crippen LogP contribution in [-0.4, -0.2) is 32.2 Å². The van der Waals surface area contributed by atoms with Crippen molar-refractivity contribution >= 4 is 37.5 Å². The van der Waals surface area contributed by atoms with Crippen LogP contribution in [0.1, 0.15) is 19.4 Å². The highest BCUT2D eigenvalue weighted by molar-refractivity contribution is 9.10. The molecular weight excluding hydrogens is 346 g/mol. The Labute approximate surface area is 128 Å². The van der Waals surface area contributed by atoms with Crippen LogP contribution in [-0.2, 0) is 16.4 Å². The number of nitrogens with one attached hydrogen (secondary N) is 1. The van der Waals surface area contributed by atoms with Gasteiger partial charge in [0.15, 0.2) is 0 Å². The van der Waals surface area contributed by atoms with Gasteiger partial charge in [0.05, 0.1) is 5.75 Å².